The number of ether oxygens (including phenoxy) is 1. The van der Waals surface area contributed by atoms with Gasteiger partial charge >= 0.3 is 5.97 Å². The SMILES string of the molecule is CC(=O)c1cc(C(=O)OCC(=O)c2cc(C)n(CCc3cccs3)c2C)n(C)c1. The lowest BCUT2D eigenvalue weighted by Gasteiger charge is -2.09. The minimum absolute atomic E-state index is 0.134. The summed E-state index contributed by atoms with van der Waals surface area (Å²) in [6, 6.07) is 7.46. The molecule has 0 N–H and O–H groups in total. The van der Waals surface area contributed by atoms with Crippen LogP contribution in [-0.2, 0) is 24.8 Å². The Hall–Kier alpha value is -2.93. The lowest BCUT2D eigenvalue weighted by molar-refractivity contribution is 0.0465. The standard InChI is InChI=1S/C22H24N2O4S/c1-14-10-19(15(2)24(14)8-7-18-6-5-9-29-18)21(26)13-28-22(27)20-11-17(16(3)25)12-23(20)4/h5-6,9-12H,7-8,13H2,1-4H3. The molecule has 0 aromatic carbocycles. The smallest absolute Gasteiger partial charge is 0.355 e. The van der Waals surface area contributed by atoms with Crippen LogP contribution in [0.4, 0.5) is 0 Å². The first-order valence-electron chi connectivity index (χ1n) is 9.34. The third kappa shape index (κ3) is 4.56. The van der Waals surface area contributed by atoms with Crippen LogP contribution in [0.25, 0.3) is 0 Å². The second-order valence-corrected chi connectivity index (χ2v) is 8.08. The number of thiophene rings is 1. The summed E-state index contributed by atoms with van der Waals surface area (Å²) >= 11 is 1.72. The van der Waals surface area contributed by atoms with Crippen molar-refractivity contribution in [2.45, 2.75) is 33.7 Å². The van der Waals surface area contributed by atoms with Crippen LogP contribution in [0.5, 0.6) is 0 Å². The number of aromatic nitrogens is 2. The maximum Gasteiger partial charge on any atom is 0.355 e. The zero-order valence-corrected chi connectivity index (χ0v) is 17.8. The van der Waals surface area contributed by atoms with Gasteiger partial charge < -0.3 is 13.9 Å². The first kappa shape index (κ1) is 20.8. The second-order valence-electron chi connectivity index (χ2n) is 7.05. The Morgan fingerprint density at radius 3 is 2.55 bits per heavy atom. The van der Waals surface area contributed by atoms with Gasteiger partial charge in [0, 0.05) is 47.2 Å². The van der Waals surface area contributed by atoms with Gasteiger partial charge in [-0.15, -0.1) is 11.3 Å². The van der Waals surface area contributed by atoms with Gasteiger partial charge in [-0.05, 0) is 50.8 Å². The lowest BCUT2D eigenvalue weighted by Crippen LogP contribution is -2.17. The fourth-order valence-corrected chi connectivity index (χ4v) is 4.05. The Bertz CT molecular complexity index is 1060. The van der Waals surface area contributed by atoms with Crippen molar-refractivity contribution in [1.82, 2.24) is 9.13 Å². The number of aryl methyl sites for hydroxylation is 3. The summed E-state index contributed by atoms with van der Waals surface area (Å²) in [5.74, 6) is -1.000. The van der Waals surface area contributed by atoms with Crippen molar-refractivity contribution in [3.63, 3.8) is 0 Å². The third-order valence-corrected chi connectivity index (χ3v) is 5.93. The summed E-state index contributed by atoms with van der Waals surface area (Å²) in [6.07, 6.45) is 2.48. The maximum absolute atomic E-state index is 12.6. The summed E-state index contributed by atoms with van der Waals surface area (Å²) in [4.78, 5) is 37.7. The fourth-order valence-electron chi connectivity index (χ4n) is 3.35. The zero-order valence-electron chi connectivity index (χ0n) is 17.0. The molecule has 0 aliphatic heterocycles. The summed E-state index contributed by atoms with van der Waals surface area (Å²) in [6.45, 7) is 5.77. The van der Waals surface area contributed by atoms with E-state index in [0.29, 0.717) is 11.1 Å². The lowest BCUT2D eigenvalue weighted by atomic mass is 10.1. The molecule has 0 spiro atoms. The van der Waals surface area contributed by atoms with E-state index in [9.17, 15) is 14.4 Å². The number of hydrogen-bond donors (Lipinski definition) is 0. The molecule has 6 nitrogen and oxygen atoms in total. The number of Topliss-reactive ketones (excluding diaryl/α,β-unsaturated/α-hetero) is 2. The Morgan fingerprint density at radius 2 is 1.93 bits per heavy atom. The van der Waals surface area contributed by atoms with Gasteiger partial charge in [0.25, 0.3) is 0 Å². The van der Waals surface area contributed by atoms with Crippen LogP contribution in [0.1, 0.15) is 54.4 Å². The Morgan fingerprint density at radius 1 is 1.17 bits per heavy atom. The van der Waals surface area contributed by atoms with E-state index in [-0.39, 0.29) is 23.9 Å². The van der Waals surface area contributed by atoms with Gasteiger partial charge in [0.1, 0.15) is 5.69 Å². The van der Waals surface area contributed by atoms with Crippen molar-refractivity contribution in [2.75, 3.05) is 6.61 Å². The summed E-state index contributed by atoms with van der Waals surface area (Å²) in [7, 11) is 1.66. The van der Waals surface area contributed by atoms with Crippen molar-refractivity contribution in [3.8, 4) is 0 Å². The quantitative estimate of drug-likeness (QED) is 0.414. The van der Waals surface area contributed by atoms with Crippen molar-refractivity contribution in [2.24, 2.45) is 7.05 Å². The number of hydrogen-bond acceptors (Lipinski definition) is 5. The Balaban J connectivity index is 1.65. The van der Waals surface area contributed by atoms with Gasteiger partial charge in [-0.25, -0.2) is 4.79 Å². The molecule has 0 amide bonds. The minimum atomic E-state index is -0.625. The van der Waals surface area contributed by atoms with Crippen LogP contribution >= 0.6 is 11.3 Å². The van der Waals surface area contributed by atoms with Crippen molar-refractivity contribution < 1.29 is 19.1 Å². The molecular formula is C22H24N2O4S. The van der Waals surface area contributed by atoms with E-state index in [1.165, 1.54) is 22.4 Å². The molecular weight excluding hydrogens is 388 g/mol. The van der Waals surface area contributed by atoms with Crippen LogP contribution in [-0.4, -0.2) is 33.3 Å². The van der Waals surface area contributed by atoms with E-state index in [1.54, 1.807) is 24.6 Å². The normalized spacial score (nSPS) is 10.9. The largest absolute Gasteiger partial charge is 0.453 e. The number of carbonyl (C=O) groups is 3. The average molecular weight is 413 g/mol. The molecule has 0 unspecified atom stereocenters. The molecule has 0 fully saturated rings. The van der Waals surface area contributed by atoms with Crippen LogP contribution in [0, 0.1) is 13.8 Å². The molecule has 152 valence electrons. The van der Waals surface area contributed by atoms with Gasteiger partial charge in [0.05, 0.1) is 0 Å². The summed E-state index contributed by atoms with van der Waals surface area (Å²) in [5.41, 5.74) is 3.11. The number of esters is 1. The van der Waals surface area contributed by atoms with E-state index in [2.05, 4.69) is 16.0 Å². The summed E-state index contributed by atoms with van der Waals surface area (Å²) < 4.78 is 8.86. The van der Waals surface area contributed by atoms with E-state index >= 15 is 0 Å². The fraction of sp³-hybridized carbons (Fsp3) is 0.318. The van der Waals surface area contributed by atoms with Gasteiger partial charge in [-0.1, -0.05) is 6.07 Å². The van der Waals surface area contributed by atoms with E-state index < -0.39 is 5.97 Å². The third-order valence-electron chi connectivity index (χ3n) is 4.99. The molecule has 0 saturated carbocycles. The van der Waals surface area contributed by atoms with Gasteiger partial charge in [-0.3, -0.25) is 9.59 Å². The molecule has 0 radical (unpaired) electrons. The Labute approximate surface area is 173 Å². The van der Waals surface area contributed by atoms with Crippen LogP contribution in [0.2, 0.25) is 0 Å². The molecule has 0 saturated heterocycles. The zero-order chi connectivity index (χ0) is 21.1. The van der Waals surface area contributed by atoms with Crippen LogP contribution in [0.15, 0.2) is 35.8 Å². The molecule has 3 aromatic heterocycles. The maximum atomic E-state index is 12.6. The average Bonchev–Trinajstić information content (AvgIpc) is 3.38. The molecule has 3 rings (SSSR count). The highest BCUT2D eigenvalue weighted by molar-refractivity contribution is 7.09. The first-order chi connectivity index (χ1) is 13.8. The number of ketones is 2. The highest BCUT2D eigenvalue weighted by Gasteiger charge is 2.20. The second kappa shape index (κ2) is 8.61. The molecule has 3 aromatic rings. The molecule has 0 bridgehead atoms. The van der Waals surface area contributed by atoms with Gasteiger partial charge in [0.15, 0.2) is 12.4 Å². The van der Waals surface area contributed by atoms with Crippen molar-refractivity contribution in [1.29, 1.82) is 0 Å². The van der Waals surface area contributed by atoms with E-state index in [1.807, 2.05) is 26.0 Å². The monoisotopic (exact) mass is 412 g/mol. The van der Waals surface area contributed by atoms with Gasteiger partial charge in [-0.2, -0.15) is 0 Å². The summed E-state index contributed by atoms with van der Waals surface area (Å²) in [5, 5.41) is 2.06. The minimum Gasteiger partial charge on any atom is -0.453 e. The highest BCUT2D eigenvalue weighted by atomic mass is 32.1. The van der Waals surface area contributed by atoms with Crippen molar-refractivity contribution in [3.05, 3.63) is 68.9 Å². The first-order valence-corrected chi connectivity index (χ1v) is 10.2. The molecule has 0 atom stereocenters. The predicted octanol–water partition coefficient (Wildman–Crippen LogP) is 3.99. The molecule has 7 heteroatoms. The molecule has 29 heavy (non-hydrogen) atoms. The topological polar surface area (TPSA) is 70.3 Å². The number of rotatable bonds is 8. The Kier molecular flexibility index (Phi) is 6.17. The van der Waals surface area contributed by atoms with Gasteiger partial charge in [0.2, 0.25) is 5.78 Å². The number of carbonyl (C=O) groups excluding carboxylic acids is 3. The van der Waals surface area contributed by atoms with Crippen LogP contribution in [0.3, 0.4) is 0 Å². The van der Waals surface area contributed by atoms with Crippen molar-refractivity contribution >= 4 is 28.9 Å². The molecule has 0 aliphatic rings. The highest BCUT2D eigenvalue weighted by Crippen LogP contribution is 2.19. The molecule has 0 aliphatic carbocycles. The van der Waals surface area contributed by atoms with E-state index in [0.717, 1.165) is 24.4 Å². The molecule has 3 heterocycles. The predicted molar refractivity (Wildman–Crippen MR) is 112 cm³/mol. The van der Waals surface area contributed by atoms with Crippen LogP contribution < -0.4 is 0 Å². The van der Waals surface area contributed by atoms with E-state index in [4.69, 9.17) is 4.74 Å². The number of nitrogens with zero attached hydrogens (tertiary/aromatic N) is 2.